The second kappa shape index (κ2) is 7.69. The van der Waals surface area contributed by atoms with Gasteiger partial charge in [0.2, 0.25) is 5.88 Å². The van der Waals surface area contributed by atoms with Crippen LogP contribution >= 0.6 is 23.2 Å². The van der Waals surface area contributed by atoms with Crippen molar-refractivity contribution in [3.63, 3.8) is 0 Å². The maximum Gasteiger partial charge on any atom is 0.233 e. The van der Waals surface area contributed by atoms with Crippen molar-refractivity contribution in [2.75, 3.05) is 26.2 Å². The Labute approximate surface area is 135 Å². The van der Waals surface area contributed by atoms with Gasteiger partial charge < -0.3 is 9.64 Å². The molecule has 0 aliphatic heterocycles. The first-order valence-electron chi connectivity index (χ1n) is 7.00. The lowest BCUT2D eigenvalue weighted by Crippen LogP contribution is -2.27. The van der Waals surface area contributed by atoms with E-state index in [-0.39, 0.29) is 0 Å². The van der Waals surface area contributed by atoms with E-state index in [4.69, 9.17) is 27.9 Å². The summed E-state index contributed by atoms with van der Waals surface area (Å²) in [5.74, 6) is 0.591. The zero-order chi connectivity index (χ0) is 15.2. The highest BCUT2D eigenvalue weighted by molar-refractivity contribution is 6.35. The molecule has 0 aliphatic carbocycles. The minimum absolute atomic E-state index is 0.556. The number of halogens is 2. The number of hydrogen-bond acceptors (Lipinski definition) is 3. The van der Waals surface area contributed by atoms with Gasteiger partial charge in [-0.15, -0.1) is 5.10 Å². The molecular weight excluding hydrogens is 309 g/mol. The third-order valence-electron chi connectivity index (χ3n) is 3.27. The van der Waals surface area contributed by atoms with E-state index < -0.39 is 0 Å². The first kappa shape index (κ1) is 16.1. The zero-order valence-electron chi connectivity index (χ0n) is 12.2. The van der Waals surface area contributed by atoms with Crippen LogP contribution < -0.4 is 4.74 Å². The Morgan fingerprint density at radius 2 is 1.95 bits per heavy atom. The minimum Gasteiger partial charge on any atom is -0.475 e. The fraction of sp³-hybridized carbons (Fsp3) is 0.400. The summed E-state index contributed by atoms with van der Waals surface area (Å²) in [5.41, 5.74) is 0.777. The van der Waals surface area contributed by atoms with Crippen LogP contribution in [0, 0.1) is 0 Å². The van der Waals surface area contributed by atoms with Crippen LogP contribution in [-0.4, -0.2) is 40.9 Å². The molecule has 0 bridgehead atoms. The molecule has 6 heteroatoms. The summed E-state index contributed by atoms with van der Waals surface area (Å²) in [4.78, 5) is 2.30. The number of likely N-dealkylation sites (N-methyl/N-ethyl adjacent to an activating group) is 1. The molecule has 4 nitrogen and oxygen atoms in total. The summed E-state index contributed by atoms with van der Waals surface area (Å²) in [6, 6.07) is 7.14. The standard InChI is InChI=1S/C15H19Cl2N3O/c1-3-19(4-2)9-10-21-15-7-8-20(18-15)14-6-5-12(16)11-13(14)17/h5-8,11H,3-4,9-10H2,1-2H3. The molecular formula is C15H19Cl2N3O. The molecule has 0 N–H and O–H groups in total. The Morgan fingerprint density at radius 1 is 1.19 bits per heavy atom. The molecule has 21 heavy (non-hydrogen) atoms. The monoisotopic (exact) mass is 327 g/mol. The quantitative estimate of drug-likeness (QED) is 0.772. The maximum absolute atomic E-state index is 6.16. The normalized spacial score (nSPS) is 11.1. The molecule has 0 spiro atoms. The predicted octanol–water partition coefficient (Wildman–Crippen LogP) is 3.90. The molecule has 0 aliphatic rings. The van der Waals surface area contributed by atoms with Crippen LogP contribution in [0.5, 0.6) is 5.88 Å². The summed E-state index contributed by atoms with van der Waals surface area (Å²) in [6.45, 7) is 7.83. The molecule has 2 rings (SSSR count). The smallest absolute Gasteiger partial charge is 0.233 e. The first-order valence-corrected chi connectivity index (χ1v) is 7.76. The van der Waals surface area contributed by atoms with Gasteiger partial charge in [0, 0.05) is 23.8 Å². The van der Waals surface area contributed by atoms with Crippen LogP contribution in [-0.2, 0) is 0 Å². The van der Waals surface area contributed by atoms with Crippen molar-refractivity contribution in [3.8, 4) is 11.6 Å². The Hall–Kier alpha value is -1.23. The van der Waals surface area contributed by atoms with Gasteiger partial charge in [0.1, 0.15) is 6.61 Å². The molecule has 0 saturated carbocycles. The van der Waals surface area contributed by atoms with E-state index in [1.165, 1.54) is 0 Å². The molecule has 114 valence electrons. The van der Waals surface area contributed by atoms with E-state index in [1.54, 1.807) is 16.8 Å². The molecule has 1 aromatic carbocycles. The number of benzene rings is 1. The lowest BCUT2D eigenvalue weighted by molar-refractivity contribution is 0.217. The fourth-order valence-electron chi connectivity index (χ4n) is 2.00. The fourth-order valence-corrected chi connectivity index (χ4v) is 2.50. The van der Waals surface area contributed by atoms with Crippen LogP contribution in [0.3, 0.4) is 0 Å². The summed E-state index contributed by atoms with van der Waals surface area (Å²) < 4.78 is 7.35. The van der Waals surface area contributed by atoms with E-state index in [2.05, 4.69) is 23.8 Å². The Balaban J connectivity index is 1.98. The van der Waals surface area contributed by atoms with Crippen molar-refractivity contribution >= 4 is 23.2 Å². The lowest BCUT2D eigenvalue weighted by atomic mass is 10.3. The van der Waals surface area contributed by atoms with Crippen LogP contribution in [0.25, 0.3) is 5.69 Å². The van der Waals surface area contributed by atoms with Gasteiger partial charge in [-0.25, -0.2) is 4.68 Å². The molecule has 0 saturated heterocycles. The van der Waals surface area contributed by atoms with Crippen molar-refractivity contribution < 1.29 is 4.74 Å². The van der Waals surface area contributed by atoms with Gasteiger partial charge in [0.25, 0.3) is 0 Å². The van der Waals surface area contributed by atoms with E-state index in [1.807, 2.05) is 18.3 Å². The largest absolute Gasteiger partial charge is 0.475 e. The Kier molecular flexibility index (Phi) is 5.91. The van der Waals surface area contributed by atoms with Gasteiger partial charge in [-0.3, -0.25) is 0 Å². The van der Waals surface area contributed by atoms with Crippen molar-refractivity contribution in [3.05, 3.63) is 40.5 Å². The molecule has 0 fully saturated rings. The number of aromatic nitrogens is 2. The zero-order valence-corrected chi connectivity index (χ0v) is 13.7. The Morgan fingerprint density at radius 3 is 2.62 bits per heavy atom. The predicted molar refractivity (Wildman–Crippen MR) is 86.9 cm³/mol. The maximum atomic E-state index is 6.16. The van der Waals surface area contributed by atoms with Crippen LogP contribution in [0.15, 0.2) is 30.5 Å². The summed E-state index contributed by atoms with van der Waals surface area (Å²) in [7, 11) is 0. The average Bonchev–Trinajstić information content (AvgIpc) is 2.92. The van der Waals surface area contributed by atoms with E-state index in [0.717, 1.165) is 25.3 Å². The SMILES string of the molecule is CCN(CC)CCOc1ccn(-c2ccc(Cl)cc2Cl)n1. The van der Waals surface area contributed by atoms with Crippen LogP contribution in [0.1, 0.15) is 13.8 Å². The molecule has 0 radical (unpaired) electrons. The minimum atomic E-state index is 0.556. The van der Waals surface area contributed by atoms with Crippen molar-refractivity contribution in [2.24, 2.45) is 0 Å². The highest BCUT2D eigenvalue weighted by Crippen LogP contribution is 2.24. The second-order valence-corrected chi connectivity index (χ2v) is 5.41. The van der Waals surface area contributed by atoms with Crippen LogP contribution in [0.4, 0.5) is 0 Å². The summed E-state index contributed by atoms with van der Waals surface area (Å²) in [6.07, 6.45) is 1.82. The Bertz CT molecular complexity index is 582. The number of hydrogen-bond donors (Lipinski definition) is 0. The third-order valence-corrected chi connectivity index (χ3v) is 3.81. The van der Waals surface area contributed by atoms with Crippen molar-refractivity contribution in [1.29, 1.82) is 0 Å². The van der Waals surface area contributed by atoms with Gasteiger partial charge in [0.15, 0.2) is 0 Å². The van der Waals surface area contributed by atoms with Crippen molar-refractivity contribution in [1.82, 2.24) is 14.7 Å². The average molecular weight is 328 g/mol. The topological polar surface area (TPSA) is 30.3 Å². The van der Waals surface area contributed by atoms with Gasteiger partial charge in [-0.2, -0.15) is 0 Å². The number of rotatable bonds is 7. The molecule has 0 amide bonds. The van der Waals surface area contributed by atoms with Gasteiger partial charge in [0.05, 0.1) is 10.7 Å². The summed E-state index contributed by atoms with van der Waals surface area (Å²) >= 11 is 12.1. The van der Waals surface area contributed by atoms with Gasteiger partial charge in [-0.1, -0.05) is 37.0 Å². The second-order valence-electron chi connectivity index (χ2n) is 4.57. The first-order chi connectivity index (χ1) is 10.1. The third kappa shape index (κ3) is 4.37. The van der Waals surface area contributed by atoms with Crippen LogP contribution in [0.2, 0.25) is 10.0 Å². The highest BCUT2D eigenvalue weighted by Gasteiger charge is 2.07. The molecule has 1 heterocycles. The van der Waals surface area contributed by atoms with E-state index in [0.29, 0.717) is 22.5 Å². The summed E-state index contributed by atoms with van der Waals surface area (Å²) in [5, 5.41) is 5.53. The lowest BCUT2D eigenvalue weighted by Gasteiger charge is -2.17. The van der Waals surface area contributed by atoms with Gasteiger partial charge >= 0.3 is 0 Å². The molecule has 1 aromatic heterocycles. The highest BCUT2D eigenvalue weighted by atomic mass is 35.5. The van der Waals surface area contributed by atoms with Gasteiger partial charge in [-0.05, 0) is 31.3 Å². The molecule has 2 aromatic rings. The number of ether oxygens (including phenoxy) is 1. The number of nitrogens with zero attached hydrogens (tertiary/aromatic N) is 3. The molecule has 0 atom stereocenters. The van der Waals surface area contributed by atoms with E-state index >= 15 is 0 Å². The molecule has 0 unspecified atom stereocenters. The van der Waals surface area contributed by atoms with E-state index in [9.17, 15) is 0 Å². The van der Waals surface area contributed by atoms with Crippen molar-refractivity contribution in [2.45, 2.75) is 13.8 Å².